The van der Waals surface area contributed by atoms with Crippen LogP contribution in [0.5, 0.6) is 0 Å². The van der Waals surface area contributed by atoms with Gasteiger partial charge in [-0.1, -0.05) is 11.6 Å². The number of aromatic nitrogens is 1. The van der Waals surface area contributed by atoms with Crippen molar-refractivity contribution in [2.45, 2.75) is 37.9 Å². The molecule has 2 fully saturated rings. The van der Waals surface area contributed by atoms with Crippen LogP contribution in [0.2, 0.25) is 5.02 Å². The number of anilines is 1. The first-order valence-electron chi connectivity index (χ1n) is 9.68. The summed E-state index contributed by atoms with van der Waals surface area (Å²) in [5.41, 5.74) is -0.899. The molecule has 1 amide bonds. The van der Waals surface area contributed by atoms with Crippen molar-refractivity contribution in [2.75, 3.05) is 37.3 Å². The van der Waals surface area contributed by atoms with Crippen LogP contribution in [0, 0.1) is 5.92 Å². The van der Waals surface area contributed by atoms with Crippen molar-refractivity contribution in [3.8, 4) is 0 Å². The van der Waals surface area contributed by atoms with Crippen molar-refractivity contribution in [2.24, 2.45) is 5.92 Å². The number of piperidine rings is 2. The molecule has 2 aliphatic heterocycles. The van der Waals surface area contributed by atoms with Crippen LogP contribution < -0.4 is 9.62 Å². The Hall–Kier alpha value is -1.59. The first kappa shape index (κ1) is 23.1. The van der Waals surface area contributed by atoms with Gasteiger partial charge in [-0.15, -0.1) is 0 Å². The lowest BCUT2D eigenvalue weighted by Gasteiger charge is -2.38. The first-order chi connectivity index (χ1) is 13.9. The highest BCUT2D eigenvalue weighted by Crippen LogP contribution is 2.35. The molecule has 0 bridgehead atoms. The molecule has 0 aromatic carbocycles. The molecule has 7 nitrogen and oxygen atoms in total. The van der Waals surface area contributed by atoms with E-state index in [1.54, 1.807) is 9.80 Å². The smallest absolute Gasteiger partial charge is 0.355 e. The second-order valence-electron chi connectivity index (χ2n) is 7.80. The van der Waals surface area contributed by atoms with Gasteiger partial charge in [-0.3, -0.25) is 4.79 Å². The quantitative estimate of drug-likeness (QED) is 0.734. The summed E-state index contributed by atoms with van der Waals surface area (Å²) >= 11 is 6.02. The monoisotopic (exact) mass is 468 g/mol. The first-order valence-corrected chi connectivity index (χ1v) is 11.9. The number of nitrogens with zero attached hydrogens (tertiary/aromatic N) is 3. The summed E-state index contributed by atoms with van der Waals surface area (Å²) in [4.78, 5) is 20.3. The van der Waals surface area contributed by atoms with Gasteiger partial charge in [0.1, 0.15) is 5.82 Å². The maximum Gasteiger partial charge on any atom is 0.417 e. The highest BCUT2D eigenvalue weighted by Gasteiger charge is 2.34. The molecule has 3 rings (SSSR count). The van der Waals surface area contributed by atoms with Crippen LogP contribution in [0.4, 0.5) is 19.0 Å². The molecule has 2 saturated heterocycles. The Morgan fingerprint density at radius 1 is 1.23 bits per heavy atom. The lowest BCUT2D eigenvalue weighted by atomic mass is 9.94. The maximum absolute atomic E-state index is 12.9. The topological polar surface area (TPSA) is 82.6 Å². The van der Waals surface area contributed by atoms with E-state index in [1.807, 2.05) is 0 Å². The zero-order valence-electron chi connectivity index (χ0n) is 16.5. The molecule has 0 saturated carbocycles. The van der Waals surface area contributed by atoms with Crippen molar-refractivity contribution < 1.29 is 26.4 Å². The summed E-state index contributed by atoms with van der Waals surface area (Å²) in [6.07, 6.45) is -0.175. The van der Waals surface area contributed by atoms with Gasteiger partial charge in [0.15, 0.2) is 0 Å². The number of carbonyl (C=O) groups excluding carboxylic acids is 1. The number of likely N-dealkylation sites (tertiary alicyclic amines) is 1. The molecule has 0 radical (unpaired) electrons. The Labute approximate surface area is 178 Å². The normalized spacial score (nSPS) is 21.7. The number of hydrogen-bond donors (Lipinski definition) is 1. The number of pyridine rings is 1. The Bertz CT molecular complexity index is 889. The third-order valence-electron chi connectivity index (χ3n) is 5.41. The minimum Gasteiger partial charge on any atom is -0.355 e. The number of sulfonamides is 1. The fraction of sp³-hybridized carbons (Fsp3) is 0.667. The van der Waals surface area contributed by atoms with Crippen LogP contribution >= 0.6 is 11.6 Å². The van der Waals surface area contributed by atoms with Gasteiger partial charge in [0.2, 0.25) is 15.9 Å². The van der Waals surface area contributed by atoms with Gasteiger partial charge in [-0.05, 0) is 31.7 Å². The van der Waals surface area contributed by atoms with Gasteiger partial charge in [-0.2, -0.15) is 13.2 Å². The van der Waals surface area contributed by atoms with E-state index < -0.39 is 21.8 Å². The molecule has 1 unspecified atom stereocenters. The van der Waals surface area contributed by atoms with Crippen LogP contribution in [-0.2, 0) is 21.0 Å². The Morgan fingerprint density at radius 2 is 1.90 bits per heavy atom. The number of nitrogens with one attached hydrogen (secondary N) is 1. The van der Waals surface area contributed by atoms with Crippen LogP contribution in [-0.4, -0.2) is 62.7 Å². The Kier molecular flexibility index (Phi) is 6.83. The summed E-state index contributed by atoms with van der Waals surface area (Å²) in [5.74, 6) is 0.0542. The van der Waals surface area contributed by atoms with Gasteiger partial charge >= 0.3 is 6.18 Å². The maximum atomic E-state index is 12.9. The second kappa shape index (κ2) is 8.88. The lowest BCUT2D eigenvalue weighted by Crippen LogP contribution is -2.52. The van der Waals surface area contributed by atoms with Gasteiger partial charge < -0.3 is 9.80 Å². The summed E-state index contributed by atoms with van der Waals surface area (Å²) in [7, 11) is -3.34. The fourth-order valence-corrected chi connectivity index (χ4v) is 5.07. The van der Waals surface area contributed by atoms with Crippen LogP contribution in [0.1, 0.15) is 31.2 Å². The van der Waals surface area contributed by atoms with Crippen molar-refractivity contribution in [1.82, 2.24) is 14.6 Å². The van der Waals surface area contributed by atoms with E-state index in [0.717, 1.165) is 24.9 Å². The Morgan fingerprint density at radius 3 is 2.47 bits per heavy atom. The number of amides is 1. The predicted octanol–water partition coefficient (Wildman–Crippen LogP) is 2.51. The number of alkyl halides is 3. The minimum atomic E-state index is -4.51. The molecule has 168 valence electrons. The lowest BCUT2D eigenvalue weighted by molar-refractivity contribution is -0.138. The third kappa shape index (κ3) is 5.76. The van der Waals surface area contributed by atoms with Crippen LogP contribution in [0.15, 0.2) is 12.3 Å². The number of halogens is 4. The Balaban J connectivity index is 1.58. The summed E-state index contributed by atoms with van der Waals surface area (Å²) < 4.78 is 63.8. The minimum absolute atomic E-state index is 0.0128. The highest BCUT2D eigenvalue weighted by atomic mass is 35.5. The second-order valence-corrected chi connectivity index (χ2v) is 9.99. The van der Waals surface area contributed by atoms with Crippen molar-refractivity contribution >= 4 is 33.3 Å². The SMILES string of the molecule is CS(=O)(=O)NC1CCCN(C(=O)C2CCN(c3ncc(C(F)(F)F)cc3Cl)CC2)C1. The van der Waals surface area contributed by atoms with Crippen LogP contribution in [0.3, 0.4) is 0 Å². The van der Waals surface area contributed by atoms with E-state index in [2.05, 4.69) is 9.71 Å². The average Bonchev–Trinajstić information content (AvgIpc) is 2.66. The van der Waals surface area contributed by atoms with E-state index in [9.17, 15) is 26.4 Å². The van der Waals surface area contributed by atoms with Gasteiger partial charge in [-0.25, -0.2) is 18.1 Å². The zero-order valence-corrected chi connectivity index (χ0v) is 18.0. The average molecular weight is 469 g/mol. The molecule has 1 aromatic heterocycles. The molecule has 1 N–H and O–H groups in total. The molecule has 2 aliphatic rings. The molecule has 30 heavy (non-hydrogen) atoms. The molecule has 3 heterocycles. The van der Waals surface area contributed by atoms with Crippen molar-refractivity contribution in [1.29, 1.82) is 0 Å². The van der Waals surface area contributed by atoms with Gasteiger partial charge in [0.25, 0.3) is 0 Å². The van der Waals surface area contributed by atoms with Crippen LogP contribution in [0.25, 0.3) is 0 Å². The zero-order chi connectivity index (χ0) is 22.1. The predicted molar refractivity (Wildman–Crippen MR) is 107 cm³/mol. The largest absolute Gasteiger partial charge is 0.417 e. The number of rotatable bonds is 4. The fourth-order valence-electron chi connectivity index (χ4n) is 3.99. The number of carbonyl (C=O) groups is 1. The van der Waals surface area contributed by atoms with E-state index in [4.69, 9.17) is 11.6 Å². The van der Waals surface area contributed by atoms with Crippen molar-refractivity contribution in [3.05, 3.63) is 22.8 Å². The van der Waals surface area contributed by atoms with E-state index >= 15 is 0 Å². The standard InChI is InChI=1S/C18H24ClF3N4O3S/c1-30(28,29)24-14-3-2-6-26(11-14)17(27)12-4-7-25(8-5-12)16-15(19)9-13(10-23-16)18(20,21)22/h9-10,12,14,24H,2-8,11H2,1H3. The summed E-state index contributed by atoms with van der Waals surface area (Å²) in [6, 6.07) is 0.581. The highest BCUT2D eigenvalue weighted by molar-refractivity contribution is 7.88. The summed E-state index contributed by atoms with van der Waals surface area (Å²) in [6.45, 7) is 1.84. The molecule has 12 heteroatoms. The van der Waals surface area contributed by atoms with Gasteiger partial charge in [0, 0.05) is 44.3 Å². The van der Waals surface area contributed by atoms with E-state index in [1.165, 1.54) is 0 Å². The molecule has 0 spiro atoms. The van der Waals surface area contributed by atoms with E-state index in [-0.39, 0.29) is 28.7 Å². The molecule has 1 atom stereocenters. The molecular formula is C18H24ClF3N4O3S. The van der Waals surface area contributed by atoms with Gasteiger partial charge in [0.05, 0.1) is 16.8 Å². The van der Waals surface area contributed by atoms with Crippen molar-refractivity contribution in [3.63, 3.8) is 0 Å². The summed E-state index contributed by atoms with van der Waals surface area (Å²) in [5, 5.41) is -0.0691. The molecule has 0 aliphatic carbocycles. The molecular weight excluding hydrogens is 445 g/mol. The third-order valence-corrected chi connectivity index (χ3v) is 6.45. The molecule has 1 aromatic rings. The van der Waals surface area contributed by atoms with E-state index in [0.29, 0.717) is 45.4 Å². The number of hydrogen-bond acceptors (Lipinski definition) is 5.